The number of carbonyl (C=O) groups excluding carboxylic acids is 1. The Morgan fingerprint density at radius 2 is 1.95 bits per heavy atom. The normalized spacial score (nSPS) is 10.1. The molecular formula is C15H12FNO4. The summed E-state index contributed by atoms with van der Waals surface area (Å²) < 4.78 is 18.9. The molecule has 0 atom stereocenters. The summed E-state index contributed by atoms with van der Waals surface area (Å²) in [7, 11) is 0. The summed E-state index contributed by atoms with van der Waals surface area (Å²) in [5.41, 5.74) is 5.56. The molecule has 2 aromatic rings. The van der Waals surface area contributed by atoms with E-state index < -0.39 is 17.7 Å². The Bertz CT molecular complexity index is 700. The topological polar surface area (TPSA) is 89.6 Å². The van der Waals surface area contributed by atoms with E-state index in [9.17, 15) is 14.0 Å². The van der Waals surface area contributed by atoms with E-state index in [1.165, 1.54) is 24.3 Å². The van der Waals surface area contributed by atoms with Gasteiger partial charge >= 0.3 is 5.97 Å². The standard InChI is InChI=1S/C15H12FNO4/c16-13-7-11(4-5-12(13)14(17)18)21-8-9-2-1-3-10(6-9)15(19)20/h1-7H,8H2,(H2,17,18)(H,19,20). The van der Waals surface area contributed by atoms with Crippen LogP contribution in [-0.4, -0.2) is 17.0 Å². The summed E-state index contributed by atoms with van der Waals surface area (Å²) in [6.45, 7) is 0.0798. The van der Waals surface area contributed by atoms with Crippen LogP contribution in [0.25, 0.3) is 0 Å². The second-order valence-electron chi connectivity index (χ2n) is 4.30. The molecule has 2 rings (SSSR count). The SMILES string of the molecule is NC(=O)c1ccc(OCc2cccc(C(=O)O)c2)cc1F. The zero-order valence-electron chi connectivity index (χ0n) is 10.9. The molecule has 21 heavy (non-hydrogen) atoms. The van der Waals surface area contributed by atoms with Crippen molar-refractivity contribution in [1.29, 1.82) is 0 Å². The van der Waals surface area contributed by atoms with Crippen LogP contribution >= 0.6 is 0 Å². The van der Waals surface area contributed by atoms with Crippen molar-refractivity contribution >= 4 is 11.9 Å². The van der Waals surface area contributed by atoms with Crippen molar-refractivity contribution in [3.05, 3.63) is 65.0 Å². The van der Waals surface area contributed by atoms with Gasteiger partial charge in [-0.15, -0.1) is 0 Å². The van der Waals surface area contributed by atoms with Crippen LogP contribution in [0.2, 0.25) is 0 Å². The van der Waals surface area contributed by atoms with Crippen LogP contribution in [0.15, 0.2) is 42.5 Å². The number of hydrogen-bond acceptors (Lipinski definition) is 3. The second-order valence-corrected chi connectivity index (χ2v) is 4.30. The highest BCUT2D eigenvalue weighted by molar-refractivity contribution is 5.93. The van der Waals surface area contributed by atoms with E-state index in [0.29, 0.717) is 5.56 Å². The molecule has 6 heteroatoms. The number of ether oxygens (including phenoxy) is 1. The number of benzene rings is 2. The van der Waals surface area contributed by atoms with E-state index in [-0.39, 0.29) is 23.5 Å². The fraction of sp³-hybridized carbons (Fsp3) is 0.0667. The Balaban J connectivity index is 2.10. The first-order valence-electron chi connectivity index (χ1n) is 6.02. The van der Waals surface area contributed by atoms with Crippen LogP contribution < -0.4 is 10.5 Å². The van der Waals surface area contributed by atoms with Gasteiger partial charge in [0.15, 0.2) is 0 Å². The van der Waals surface area contributed by atoms with Crippen LogP contribution in [0.1, 0.15) is 26.3 Å². The van der Waals surface area contributed by atoms with Crippen molar-refractivity contribution in [3.63, 3.8) is 0 Å². The van der Waals surface area contributed by atoms with Crippen LogP contribution in [0.5, 0.6) is 5.75 Å². The minimum absolute atomic E-state index is 0.0798. The molecule has 1 amide bonds. The fourth-order valence-corrected chi connectivity index (χ4v) is 1.75. The van der Waals surface area contributed by atoms with E-state index in [0.717, 1.165) is 6.07 Å². The van der Waals surface area contributed by atoms with E-state index >= 15 is 0 Å². The minimum atomic E-state index is -1.03. The smallest absolute Gasteiger partial charge is 0.335 e. The molecule has 0 aromatic heterocycles. The molecule has 3 N–H and O–H groups in total. The summed E-state index contributed by atoms with van der Waals surface area (Å²) in [6, 6.07) is 9.94. The quantitative estimate of drug-likeness (QED) is 0.883. The molecule has 0 saturated carbocycles. The largest absolute Gasteiger partial charge is 0.489 e. The lowest BCUT2D eigenvalue weighted by molar-refractivity contribution is 0.0696. The van der Waals surface area contributed by atoms with Crippen molar-refractivity contribution < 1.29 is 23.8 Å². The molecular weight excluding hydrogens is 277 g/mol. The van der Waals surface area contributed by atoms with Gasteiger partial charge in [-0.2, -0.15) is 0 Å². The number of primary amides is 1. The Morgan fingerprint density at radius 1 is 1.19 bits per heavy atom. The third-order valence-electron chi connectivity index (χ3n) is 2.79. The predicted octanol–water partition coefficient (Wildman–Crippen LogP) is 2.20. The number of aromatic carboxylic acids is 1. The lowest BCUT2D eigenvalue weighted by Gasteiger charge is -2.08. The summed E-state index contributed by atoms with van der Waals surface area (Å²) in [5.74, 6) is -2.43. The Labute approximate surface area is 119 Å². The highest BCUT2D eigenvalue weighted by Crippen LogP contribution is 2.18. The fourth-order valence-electron chi connectivity index (χ4n) is 1.75. The van der Waals surface area contributed by atoms with Gasteiger partial charge in [0.1, 0.15) is 18.2 Å². The monoisotopic (exact) mass is 289 g/mol. The van der Waals surface area contributed by atoms with Gasteiger partial charge in [-0.25, -0.2) is 9.18 Å². The molecule has 0 fully saturated rings. The maximum atomic E-state index is 13.5. The van der Waals surface area contributed by atoms with Crippen LogP contribution in [0.4, 0.5) is 4.39 Å². The first-order chi connectivity index (χ1) is 9.97. The second kappa shape index (κ2) is 6.04. The predicted molar refractivity (Wildman–Crippen MR) is 72.7 cm³/mol. The average molecular weight is 289 g/mol. The Kier molecular flexibility index (Phi) is 4.18. The molecule has 5 nitrogen and oxygen atoms in total. The van der Waals surface area contributed by atoms with E-state index in [4.69, 9.17) is 15.6 Å². The molecule has 0 aliphatic carbocycles. The minimum Gasteiger partial charge on any atom is -0.489 e. The number of carbonyl (C=O) groups is 2. The van der Waals surface area contributed by atoms with E-state index in [2.05, 4.69) is 0 Å². The van der Waals surface area contributed by atoms with Crippen molar-refractivity contribution in [2.24, 2.45) is 5.73 Å². The number of hydrogen-bond donors (Lipinski definition) is 2. The molecule has 0 unspecified atom stereocenters. The van der Waals surface area contributed by atoms with Gasteiger partial charge in [0.05, 0.1) is 11.1 Å². The molecule has 2 aromatic carbocycles. The lowest BCUT2D eigenvalue weighted by Crippen LogP contribution is -2.13. The van der Waals surface area contributed by atoms with E-state index in [1.807, 2.05) is 0 Å². The number of nitrogens with two attached hydrogens (primary N) is 1. The van der Waals surface area contributed by atoms with Gasteiger partial charge in [-0.3, -0.25) is 4.79 Å². The Morgan fingerprint density at radius 3 is 2.57 bits per heavy atom. The molecule has 0 aliphatic heterocycles. The van der Waals surface area contributed by atoms with Gasteiger partial charge < -0.3 is 15.6 Å². The number of amides is 1. The van der Waals surface area contributed by atoms with Crippen LogP contribution in [0.3, 0.4) is 0 Å². The lowest BCUT2D eigenvalue weighted by atomic mass is 10.1. The van der Waals surface area contributed by atoms with Crippen molar-refractivity contribution in [1.82, 2.24) is 0 Å². The van der Waals surface area contributed by atoms with E-state index in [1.54, 1.807) is 12.1 Å². The third-order valence-corrected chi connectivity index (χ3v) is 2.79. The highest BCUT2D eigenvalue weighted by atomic mass is 19.1. The molecule has 0 aliphatic rings. The number of carboxylic acid groups (broad SMARTS) is 1. The molecule has 0 heterocycles. The van der Waals surface area contributed by atoms with Crippen LogP contribution in [0, 0.1) is 5.82 Å². The molecule has 0 spiro atoms. The molecule has 0 bridgehead atoms. The highest BCUT2D eigenvalue weighted by Gasteiger charge is 2.09. The van der Waals surface area contributed by atoms with Crippen molar-refractivity contribution in [2.45, 2.75) is 6.61 Å². The maximum Gasteiger partial charge on any atom is 0.335 e. The first-order valence-corrected chi connectivity index (χ1v) is 6.02. The summed E-state index contributed by atoms with van der Waals surface area (Å²) in [4.78, 5) is 21.7. The Hall–Kier alpha value is -2.89. The van der Waals surface area contributed by atoms with Gasteiger partial charge in [0, 0.05) is 6.07 Å². The van der Waals surface area contributed by atoms with Gasteiger partial charge in [-0.05, 0) is 29.8 Å². The zero-order valence-corrected chi connectivity index (χ0v) is 10.9. The average Bonchev–Trinajstić information content (AvgIpc) is 2.45. The zero-order chi connectivity index (χ0) is 15.4. The van der Waals surface area contributed by atoms with Crippen molar-refractivity contribution in [3.8, 4) is 5.75 Å². The molecule has 0 radical (unpaired) electrons. The molecule has 0 saturated heterocycles. The van der Waals surface area contributed by atoms with Gasteiger partial charge in [0.2, 0.25) is 0 Å². The summed E-state index contributed by atoms with van der Waals surface area (Å²) in [5, 5.41) is 8.88. The number of halogens is 1. The number of carboxylic acids is 1. The van der Waals surface area contributed by atoms with Gasteiger partial charge in [-0.1, -0.05) is 12.1 Å². The maximum absolute atomic E-state index is 13.5. The summed E-state index contributed by atoms with van der Waals surface area (Å²) >= 11 is 0. The first kappa shape index (κ1) is 14.5. The summed E-state index contributed by atoms with van der Waals surface area (Å²) in [6.07, 6.45) is 0. The third kappa shape index (κ3) is 3.56. The molecule has 108 valence electrons. The van der Waals surface area contributed by atoms with Gasteiger partial charge in [0.25, 0.3) is 5.91 Å². The van der Waals surface area contributed by atoms with Crippen molar-refractivity contribution in [2.75, 3.05) is 0 Å². The van der Waals surface area contributed by atoms with Crippen LogP contribution in [-0.2, 0) is 6.61 Å². The number of rotatable bonds is 5.